The van der Waals surface area contributed by atoms with E-state index < -0.39 is 0 Å². The normalized spacial score (nSPS) is 11.5. The molecule has 9 aromatic carbocycles. The molecule has 2 heterocycles. The fourth-order valence-electron chi connectivity index (χ4n) is 8.35. The summed E-state index contributed by atoms with van der Waals surface area (Å²) in [7, 11) is 0. The minimum atomic E-state index is 1.12. The Hall–Kier alpha value is -6.78. The Balaban J connectivity index is 1.23. The van der Waals surface area contributed by atoms with Crippen LogP contribution in [0.2, 0.25) is 0 Å². The van der Waals surface area contributed by atoms with Crippen LogP contribution >= 0.6 is 22.7 Å². The van der Waals surface area contributed by atoms with Crippen molar-refractivity contribution in [3.8, 4) is 44.5 Å². The maximum Gasteiger partial charge on any atom is 0.0640 e. The van der Waals surface area contributed by atoms with E-state index in [4.69, 9.17) is 0 Å². The maximum absolute atomic E-state index is 2.55. The van der Waals surface area contributed by atoms with E-state index in [0.717, 1.165) is 5.69 Å². The molecule has 11 rings (SSSR count). The summed E-state index contributed by atoms with van der Waals surface area (Å²) in [6.07, 6.45) is 0. The molecule has 0 aliphatic heterocycles. The highest BCUT2D eigenvalue weighted by atomic mass is 32.1. The predicted octanol–water partition coefficient (Wildman–Crippen LogP) is 16.6. The van der Waals surface area contributed by atoms with Crippen molar-refractivity contribution in [3.63, 3.8) is 0 Å². The Kier molecular flexibility index (Phi) is 8.28. The first-order valence-electron chi connectivity index (χ1n) is 19.3. The molecule has 0 unspecified atom stereocenters. The Morgan fingerprint density at radius 1 is 0.298 bits per heavy atom. The number of rotatable bonds is 7. The molecule has 0 saturated heterocycles. The molecule has 0 aliphatic carbocycles. The second kappa shape index (κ2) is 14.1. The van der Waals surface area contributed by atoms with Gasteiger partial charge in [0.2, 0.25) is 0 Å². The smallest absolute Gasteiger partial charge is 0.0640 e. The molecule has 0 N–H and O–H groups in total. The summed E-state index contributed by atoms with van der Waals surface area (Å²) in [6.45, 7) is 0. The topological polar surface area (TPSA) is 3.24 Å². The summed E-state index contributed by atoms with van der Waals surface area (Å²) in [5.74, 6) is 0. The zero-order chi connectivity index (χ0) is 37.7. The third-order valence-corrected chi connectivity index (χ3v) is 13.4. The van der Waals surface area contributed by atoms with Crippen molar-refractivity contribution < 1.29 is 0 Å². The largest absolute Gasteiger partial charge is 0.308 e. The standard InChI is InChI=1S/C54H35NS2/c1-5-16-36(17-6-1)40-28-29-45-46-25-15-26-49(53(46)57-51(45)35-40)55(43-33-41(37-18-7-2-8-19-37)32-42(34-43)38-20-9-3-10-21-38)48-31-30-44(39-22-11-4-12-23-39)54-52(48)47-24-13-14-27-50(47)56-54/h1-35H. The molecule has 0 amide bonds. The Morgan fingerprint density at radius 3 is 1.53 bits per heavy atom. The minimum absolute atomic E-state index is 1.12. The molecule has 0 bridgehead atoms. The molecule has 0 radical (unpaired) electrons. The predicted molar refractivity (Wildman–Crippen MR) is 249 cm³/mol. The molecule has 268 valence electrons. The van der Waals surface area contributed by atoms with Crippen LogP contribution in [0.3, 0.4) is 0 Å². The van der Waals surface area contributed by atoms with Crippen LogP contribution < -0.4 is 4.90 Å². The lowest BCUT2D eigenvalue weighted by molar-refractivity contribution is 1.32. The second-order valence-corrected chi connectivity index (χ2v) is 16.6. The summed E-state index contributed by atoms with van der Waals surface area (Å²) in [5.41, 5.74) is 13.2. The highest BCUT2D eigenvalue weighted by Gasteiger charge is 2.24. The van der Waals surface area contributed by atoms with E-state index in [0.29, 0.717) is 0 Å². The first kappa shape index (κ1) is 33.5. The average Bonchev–Trinajstić information content (AvgIpc) is 3.87. The van der Waals surface area contributed by atoms with E-state index >= 15 is 0 Å². The molecular weight excluding hydrogens is 727 g/mol. The van der Waals surface area contributed by atoms with Crippen LogP contribution in [0.25, 0.3) is 84.9 Å². The molecule has 0 aliphatic rings. The molecule has 2 aromatic heterocycles. The van der Waals surface area contributed by atoms with Crippen LogP contribution in [0.1, 0.15) is 0 Å². The van der Waals surface area contributed by atoms with Crippen LogP contribution in [-0.4, -0.2) is 0 Å². The zero-order valence-corrected chi connectivity index (χ0v) is 32.6. The van der Waals surface area contributed by atoms with Gasteiger partial charge in [0.15, 0.2) is 0 Å². The summed E-state index contributed by atoms with van der Waals surface area (Å²) in [6, 6.07) is 77.6. The third-order valence-electron chi connectivity index (χ3n) is 11.0. The average molecular weight is 762 g/mol. The molecule has 0 saturated carbocycles. The maximum atomic E-state index is 2.55. The van der Waals surface area contributed by atoms with Gasteiger partial charge in [-0.2, -0.15) is 0 Å². The highest BCUT2D eigenvalue weighted by Crippen LogP contribution is 2.52. The van der Waals surface area contributed by atoms with Gasteiger partial charge in [-0.05, 0) is 87.0 Å². The van der Waals surface area contributed by atoms with Gasteiger partial charge in [-0.25, -0.2) is 0 Å². The van der Waals surface area contributed by atoms with Gasteiger partial charge >= 0.3 is 0 Å². The lowest BCUT2D eigenvalue weighted by atomic mass is 9.96. The molecule has 0 fully saturated rings. The van der Waals surface area contributed by atoms with Crippen molar-refractivity contribution in [2.45, 2.75) is 0 Å². The zero-order valence-electron chi connectivity index (χ0n) is 31.0. The van der Waals surface area contributed by atoms with E-state index in [1.807, 2.05) is 22.7 Å². The van der Waals surface area contributed by atoms with E-state index in [1.165, 1.54) is 96.2 Å². The highest BCUT2D eigenvalue weighted by molar-refractivity contribution is 7.27. The van der Waals surface area contributed by atoms with E-state index in [9.17, 15) is 0 Å². The number of anilines is 3. The number of thiophene rings is 2. The molecule has 0 spiro atoms. The van der Waals surface area contributed by atoms with Crippen LogP contribution in [0.5, 0.6) is 0 Å². The summed E-state index contributed by atoms with van der Waals surface area (Å²) >= 11 is 3.78. The number of hydrogen-bond acceptors (Lipinski definition) is 3. The molecule has 11 aromatic rings. The van der Waals surface area contributed by atoms with Gasteiger partial charge in [0.25, 0.3) is 0 Å². The summed E-state index contributed by atoms with van der Waals surface area (Å²) in [4.78, 5) is 2.55. The van der Waals surface area contributed by atoms with E-state index in [-0.39, 0.29) is 0 Å². The number of hydrogen-bond donors (Lipinski definition) is 0. The van der Waals surface area contributed by atoms with Crippen LogP contribution in [0.15, 0.2) is 212 Å². The quantitative estimate of drug-likeness (QED) is 0.156. The van der Waals surface area contributed by atoms with Crippen molar-refractivity contribution in [1.82, 2.24) is 0 Å². The minimum Gasteiger partial charge on any atom is -0.308 e. The van der Waals surface area contributed by atoms with E-state index in [2.05, 4.69) is 217 Å². The Morgan fingerprint density at radius 2 is 0.860 bits per heavy atom. The van der Waals surface area contributed by atoms with Crippen molar-refractivity contribution in [3.05, 3.63) is 212 Å². The Bertz CT molecular complexity index is 3160. The number of fused-ring (bicyclic) bond motifs is 6. The van der Waals surface area contributed by atoms with Gasteiger partial charge in [-0.15, -0.1) is 22.7 Å². The molecular formula is C54H35NS2. The number of benzene rings is 9. The van der Waals surface area contributed by atoms with Crippen LogP contribution in [0.4, 0.5) is 17.1 Å². The van der Waals surface area contributed by atoms with Crippen LogP contribution in [-0.2, 0) is 0 Å². The van der Waals surface area contributed by atoms with Crippen molar-refractivity contribution >= 4 is 80.1 Å². The summed E-state index contributed by atoms with van der Waals surface area (Å²) in [5, 5.41) is 5.10. The lowest BCUT2D eigenvalue weighted by Crippen LogP contribution is -2.11. The lowest BCUT2D eigenvalue weighted by Gasteiger charge is -2.28. The second-order valence-electron chi connectivity index (χ2n) is 14.5. The van der Waals surface area contributed by atoms with Gasteiger partial charge in [-0.1, -0.05) is 170 Å². The monoisotopic (exact) mass is 761 g/mol. The SMILES string of the molecule is c1ccc(-c2cc(-c3ccccc3)cc(N(c3cccc4c3sc3cc(-c5ccccc5)ccc34)c3ccc(-c4ccccc4)c4sc5ccccc5c34)c2)cc1. The first-order valence-corrected chi connectivity index (χ1v) is 21.0. The molecule has 1 nitrogen and oxygen atoms in total. The third kappa shape index (κ3) is 5.91. The van der Waals surface area contributed by atoms with Crippen LogP contribution in [0, 0.1) is 0 Å². The van der Waals surface area contributed by atoms with Gasteiger partial charge in [0.05, 0.1) is 16.1 Å². The van der Waals surface area contributed by atoms with Gasteiger partial charge in [0, 0.05) is 41.3 Å². The summed E-state index contributed by atoms with van der Waals surface area (Å²) < 4.78 is 5.13. The first-order chi connectivity index (χ1) is 28.3. The van der Waals surface area contributed by atoms with Gasteiger partial charge < -0.3 is 4.90 Å². The Labute approximate surface area is 340 Å². The number of nitrogens with zero attached hydrogens (tertiary/aromatic N) is 1. The van der Waals surface area contributed by atoms with Crippen molar-refractivity contribution in [2.24, 2.45) is 0 Å². The fourth-order valence-corrected chi connectivity index (χ4v) is 10.9. The van der Waals surface area contributed by atoms with E-state index in [1.54, 1.807) is 0 Å². The van der Waals surface area contributed by atoms with Gasteiger partial charge in [-0.3, -0.25) is 0 Å². The van der Waals surface area contributed by atoms with Gasteiger partial charge in [0.1, 0.15) is 0 Å². The van der Waals surface area contributed by atoms with Crippen molar-refractivity contribution in [1.29, 1.82) is 0 Å². The molecule has 57 heavy (non-hydrogen) atoms. The molecule has 0 atom stereocenters. The fraction of sp³-hybridized carbons (Fsp3) is 0. The van der Waals surface area contributed by atoms with Crippen molar-refractivity contribution in [2.75, 3.05) is 4.90 Å². The molecule has 3 heteroatoms.